The Hall–Kier alpha value is -2.40. The van der Waals surface area contributed by atoms with Crippen LogP contribution in [0.25, 0.3) is 6.08 Å². The maximum atomic E-state index is 4.87. The number of nitrogens with zero attached hydrogens (tertiary/aromatic N) is 5. The maximum absolute atomic E-state index is 4.87. The van der Waals surface area contributed by atoms with E-state index in [1.165, 1.54) is 5.56 Å². The van der Waals surface area contributed by atoms with E-state index in [4.69, 9.17) is 4.98 Å². The lowest BCUT2D eigenvalue weighted by atomic mass is 10.2. The molecule has 0 unspecified atom stereocenters. The van der Waals surface area contributed by atoms with Crippen LogP contribution in [-0.2, 0) is 0 Å². The van der Waals surface area contributed by atoms with Crippen LogP contribution in [0.1, 0.15) is 32.3 Å². The van der Waals surface area contributed by atoms with E-state index in [0.717, 1.165) is 70.4 Å². The van der Waals surface area contributed by atoms with Crippen molar-refractivity contribution in [1.29, 1.82) is 0 Å². The lowest BCUT2D eigenvalue weighted by Gasteiger charge is -2.35. The fraction of sp³-hybridized carbons (Fsp3) is 0.478. The van der Waals surface area contributed by atoms with Gasteiger partial charge in [-0.15, -0.1) is 0 Å². The number of hydrogen-bond acceptors (Lipinski definition) is 5. The van der Waals surface area contributed by atoms with E-state index in [1.807, 2.05) is 12.3 Å². The number of hydrogen-bond donors (Lipinski definition) is 0. The molecule has 0 spiro atoms. The monoisotopic (exact) mass is 379 g/mol. The first kappa shape index (κ1) is 20.3. The van der Waals surface area contributed by atoms with Crippen molar-refractivity contribution in [2.45, 2.75) is 26.7 Å². The predicted molar refractivity (Wildman–Crippen MR) is 119 cm³/mol. The first-order valence-electron chi connectivity index (χ1n) is 10.6. The van der Waals surface area contributed by atoms with Gasteiger partial charge in [0.05, 0.1) is 0 Å². The molecule has 0 N–H and O–H groups in total. The Labute approximate surface area is 169 Å². The zero-order valence-electron chi connectivity index (χ0n) is 17.3. The molecule has 0 radical (unpaired) electrons. The van der Waals surface area contributed by atoms with Crippen LogP contribution >= 0.6 is 0 Å². The van der Waals surface area contributed by atoms with Gasteiger partial charge in [-0.2, -0.15) is 4.98 Å². The third-order valence-electron chi connectivity index (χ3n) is 5.07. The smallest absolute Gasteiger partial charge is 0.227 e. The number of piperazine rings is 1. The maximum Gasteiger partial charge on any atom is 0.227 e. The minimum Gasteiger partial charge on any atom is -0.354 e. The number of aromatic nitrogens is 2. The minimum atomic E-state index is 0.870. The molecule has 1 saturated heterocycles. The van der Waals surface area contributed by atoms with Gasteiger partial charge in [-0.25, -0.2) is 4.98 Å². The van der Waals surface area contributed by atoms with E-state index in [9.17, 15) is 0 Å². The van der Waals surface area contributed by atoms with E-state index >= 15 is 0 Å². The zero-order valence-corrected chi connectivity index (χ0v) is 17.3. The van der Waals surface area contributed by atoms with Gasteiger partial charge in [-0.3, -0.25) is 4.90 Å². The van der Waals surface area contributed by atoms with Gasteiger partial charge in [0.1, 0.15) is 5.82 Å². The van der Waals surface area contributed by atoms with Crippen molar-refractivity contribution in [2.75, 3.05) is 55.6 Å². The molecule has 1 aliphatic heterocycles. The molecule has 0 aliphatic carbocycles. The quantitative estimate of drug-likeness (QED) is 0.659. The van der Waals surface area contributed by atoms with Crippen molar-refractivity contribution < 1.29 is 0 Å². The van der Waals surface area contributed by atoms with Gasteiger partial charge in [-0.1, -0.05) is 56.3 Å². The molecule has 1 aromatic carbocycles. The molecular formula is C23H33N5. The van der Waals surface area contributed by atoms with Gasteiger partial charge >= 0.3 is 0 Å². The molecule has 5 heteroatoms. The Bertz CT molecular complexity index is 717. The summed E-state index contributed by atoms with van der Waals surface area (Å²) in [4.78, 5) is 16.6. The summed E-state index contributed by atoms with van der Waals surface area (Å²) in [5, 5.41) is 0. The lowest BCUT2D eigenvalue weighted by molar-refractivity contribution is 0.283. The highest BCUT2D eigenvalue weighted by Gasteiger charge is 2.18. The summed E-state index contributed by atoms with van der Waals surface area (Å²) in [7, 11) is 0. The molecular weight excluding hydrogens is 346 g/mol. The van der Waals surface area contributed by atoms with Crippen LogP contribution in [0.3, 0.4) is 0 Å². The third-order valence-corrected chi connectivity index (χ3v) is 5.07. The summed E-state index contributed by atoms with van der Waals surface area (Å²) in [6.07, 6.45) is 8.61. The number of benzene rings is 1. The number of rotatable bonds is 9. The summed E-state index contributed by atoms with van der Waals surface area (Å²) in [5.74, 6) is 1.93. The van der Waals surface area contributed by atoms with Crippen molar-refractivity contribution in [1.82, 2.24) is 14.9 Å². The average Bonchev–Trinajstić information content (AvgIpc) is 2.75. The topological polar surface area (TPSA) is 35.5 Å². The Morgan fingerprint density at radius 1 is 0.964 bits per heavy atom. The van der Waals surface area contributed by atoms with Crippen LogP contribution in [0.15, 0.2) is 48.7 Å². The molecule has 1 fully saturated rings. The van der Waals surface area contributed by atoms with Gasteiger partial charge in [0.15, 0.2) is 0 Å². The molecule has 0 amide bonds. The van der Waals surface area contributed by atoms with E-state index in [2.05, 4.69) is 76.0 Å². The molecule has 150 valence electrons. The summed E-state index contributed by atoms with van der Waals surface area (Å²) >= 11 is 0. The highest BCUT2D eigenvalue weighted by molar-refractivity contribution is 5.49. The lowest BCUT2D eigenvalue weighted by Crippen LogP contribution is -2.46. The normalized spacial score (nSPS) is 15.3. The van der Waals surface area contributed by atoms with Crippen LogP contribution in [0.2, 0.25) is 0 Å². The molecule has 0 saturated carbocycles. The molecule has 5 nitrogen and oxygen atoms in total. The minimum absolute atomic E-state index is 0.870. The van der Waals surface area contributed by atoms with Gasteiger partial charge in [0, 0.05) is 52.0 Å². The Morgan fingerprint density at radius 3 is 2.36 bits per heavy atom. The summed E-state index contributed by atoms with van der Waals surface area (Å²) in [5.41, 5.74) is 1.26. The van der Waals surface area contributed by atoms with Crippen molar-refractivity contribution in [3.8, 4) is 0 Å². The molecule has 2 aromatic rings. The molecule has 1 aromatic heterocycles. The fourth-order valence-electron chi connectivity index (χ4n) is 3.58. The standard InChI is InChI=1S/C23H33N5/c1-3-14-28(15-4-2)23-24-13-12-22(25-23)27-19-17-26(18-20-27)16-8-11-21-9-6-5-7-10-21/h5-13H,3-4,14-20H2,1-2H3/b11-8+. The summed E-state index contributed by atoms with van der Waals surface area (Å²) in [6, 6.07) is 12.5. The third kappa shape index (κ3) is 5.80. The largest absolute Gasteiger partial charge is 0.354 e. The zero-order chi connectivity index (χ0) is 19.6. The van der Waals surface area contributed by atoms with Crippen LogP contribution in [0, 0.1) is 0 Å². The van der Waals surface area contributed by atoms with Gasteiger partial charge in [0.2, 0.25) is 5.95 Å². The SMILES string of the molecule is CCCN(CCC)c1nccc(N2CCN(C/C=C/c3ccccc3)CC2)n1. The number of anilines is 2. The van der Waals surface area contributed by atoms with Gasteiger partial charge in [-0.05, 0) is 24.5 Å². The highest BCUT2D eigenvalue weighted by Crippen LogP contribution is 2.17. The van der Waals surface area contributed by atoms with E-state index < -0.39 is 0 Å². The summed E-state index contributed by atoms with van der Waals surface area (Å²) in [6.45, 7) is 11.6. The Balaban J connectivity index is 1.53. The van der Waals surface area contributed by atoms with E-state index in [1.54, 1.807) is 0 Å². The molecule has 2 heterocycles. The van der Waals surface area contributed by atoms with Crippen molar-refractivity contribution in [3.63, 3.8) is 0 Å². The average molecular weight is 380 g/mol. The second-order valence-corrected chi connectivity index (χ2v) is 7.30. The molecule has 0 bridgehead atoms. The second kappa shape index (κ2) is 10.8. The predicted octanol–water partition coefficient (Wildman–Crippen LogP) is 3.94. The Kier molecular flexibility index (Phi) is 7.85. The summed E-state index contributed by atoms with van der Waals surface area (Å²) < 4.78 is 0. The van der Waals surface area contributed by atoms with Crippen LogP contribution in [0.5, 0.6) is 0 Å². The second-order valence-electron chi connectivity index (χ2n) is 7.30. The van der Waals surface area contributed by atoms with Crippen LogP contribution < -0.4 is 9.80 Å². The van der Waals surface area contributed by atoms with Crippen molar-refractivity contribution in [3.05, 3.63) is 54.2 Å². The first-order chi connectivity index (χ1) is 13.8. The highest BCUT2D eigenvalue weighted by atomic mass is 15.3. The van der Waals surface area contributed by atoms with E-state index in [-0.39, 0.29) is 0 Å². The van der Waals surface area contributed by atoms with Gasteiger partial charge in [0.25, 0.3) is 0 Å². The molecule has 1 aliphatic rings. The van der Waals surface area contributed by atoms with Gasteiger partial charge < -0.3 is 9.80 Å². The Morgan fingerprint density at radius 2 is 1.68 bits per heavy atom. The molecule has 28 heavy (non-hydrogen) atoms. The van der Waals surface area contributed by atoms with E-state index in [0.29, 0.717) is 0 Å². The van der Waals surface area contributed by atoms with Crippen LogP contribution in [-0.4, -0.2) is 60.7 Å². The fourth-order valence-corrected chi connectivity index (χ4v) is 3.58. The van der Waals surface area contributed by atoms with Crippen LogP contribution in [0.4, 0.5) is 11.8 Å². The van der Waals surface area contributed by atoms with Crippen molar-refractivity contribution >= 4 is 17.8 Å². The first-order valence-corrected chi connectivity index (χ1v) is 10.6. The van der Waals surface area contributed by atoms with Crippen molar-refractivity contribution in [2.24, 2.45) is 0 Å². The molecule has 3 rings (SSSR count). The molecule has 0 atom stereocenters.